The average Bonchev–Trinajstić information content (AvgIpc) is 3.96. The molecule has 0 amide bonds. The van der Waals surface area contributed by atoms with Gasteiger partial charge < -0.3 is 8.98 Å². The summed E-state index contributed by atoms with van der Waals surface area (Å²) < 4.78 is 12.0. The van der Waals surface area contributed by atoms with E-state index in [0.29, 0.717) is 0 Å². The fourth-order valence-corrected chi connectivity index (χ4v) is 10.7. The van der Waals surface area contributed by atoms with Gasteiger partial charge in [-0.25, -0.2) is 0 Å². The fourth-order valence-electron chi connectivity index (χ4n) is 10.7. The molecule has 1 fully saturated rings. The van der Waals surface area contributed by atoms with Crippen LogP contribution in [-0.4, -0.2) is 14.9 Å². The highest BCUT2D eigenvalue weighted by atomic mass is 16.3. The van der Waals surface area contributed by atoms with Gasteiger partial charge in [-0.1, -0.05) is 104 Å². The lowest BCUT2D eigenvalue weighted by Crippen LogP contribution is -2.38. The summed E-state index contributed by atoms with van der Waals surface area (Å²) in [6, 6.07) is 35.8. The minimum Gasteiger partial charge on any atom is -0.454 e. The van der Waals surface area contributed by atoms with Crippen molar-refractivity contribution < 1.29 is 8.99 Å². The number of nitrogens with zero attached hydrogens (tertiary/aromatic N) is 2. The second kappa shape index (κ2) is 10.4. The molecule has 12 rings (SSSR count). The number of hydrogen-bond acceptors (Lipinski definition) is 1. The maximum Gasteiger partial charge on any atom is 0.220 e. The summed E-state index contributed by atoms with van der Waals surface area (Å²) in [6.45, 7) is 2.37. The van der Waals surface area contributed by atoms with Crippen LogP contribution in [-0.2, 0) is 0 Å². The minimum atomic E-state index is 0.138. The van der Waals surface area contributed by atoms with Crippen molar-refractivity contribution >= 4 is 71.5 Å². The lowest BCUT2D eigenvalue weighted by Gasteiger charge is -2.33. The minimum absolute atomic E-state index is 0.138. The van der Waals surface area contributed by atoms with Gasteiger partial charge in [0.2, 0.25) is 17.1 Å². The Bertz CT molecular complexity index is 2900. The van der Waals surface area contributed by atoms with Gasteiger partial charge in [-0.2, -0.15) is 4.58 Å². The molecule has 0 spiro atoms. The number of aromatic nitrogens is 1. The number of rotatable bonds is 4. The standard InChI is InChI=1S/C49H39N2O/c1-30-28-33(32-18-21-34(22-19-32)50-42-16-8-5-13-38(42)48(50)49-26-24-31(29-49)25-27-49)20-23-40(30)51-41-15-7-4-12-37(41)44-35-10-2-3-11-36(35)45-39-14-6-9-17-43(39)52-47(45)46(44)51/h2-4,6-12,14-24,26,28,30-31,40H,5,13,25,27,29H2,1H3/q+1. The topological polar surface area (TPSA) is 21.1 Å². The van der Waals surface area contributed by atoms with Crippen molar-refractivity contribution in [2.45, 2.75) is 45.1 Å². The molecular formula is C49H39N2O+. The van der Waals surface area contributed by atoms with Crippen molar-refractivity contribution in [3.8, 4) is 0 Å². The summed E-state index contributed by atoms with van der Waals surface area (Å²) >= 11 is 0. The van der Waals surface area contributed by atoms with Crippen molar-refractivity contribution in [3.63, 3.8) is 0 Å². The molecule has 2 bridgehead atoms. The molecule has 1 aliphatic heterocycles. The van der Waals surface area contributed by atoms with Crippen molar-refractivity contribution in [2.75, 3.05) is 0 Å². The van der Waals surface area contributed by atoms with Gasteiger partial charge in [0.05, 0.1) is 22.5 Å². The summed E-state index contributed by atoms with van der Waals surface area (Å²) in [6.07, 6.45) is 23.3. The Balaban J connectivity index is 0.955. The number of hydrogen-bond donors (Lipinski definition) is 0. The van der Waals surface area contributed by atoms with Gasteiger partial charge >= 0.3 is 0 Å². The van der Waals surface area contributed by atoms with Crippen LogP contribution < -0.4 is 0 Å². The fraction of sp³-hybridized carbons (Fsp3) is 0.204. The molecule has 0 saturated heterocycles. The third-order valence-electron chi connectivity index (χ3n) is 13.0. The molecule has 250 valence electrons. The highest BCUT2D eigenvalue weighted by molar-refractivity contribution is 6.34. The highest BCUT2D eigenvalue weighted by Gasteiger charge is 2.55. The molecular weight excluding hydrogens is 633 g/mol. The Morgan fingerprint density at radius 3 is 2.33 bits per heavy atom. The summed E-state index contributed by atoms with van der Waals surface area (Å²) in [5.74, 6) is 1.03. The normalized spacial score (nSPS) is 25.0. The third kappa shape index (κ3) is 3.78. The zero-order valence-corrected chi connectivity index (χ0v) is 29.3. The molecule has 4 unspecified atom stereocenters. The van der Waals surface area contributed by atoms with Crippen molar-refractivity contribution in [3.05, 3.63) is 156 Å². The molecule has 0 N–H and O–H groups in total. The molecule has 4 aliphatic carbocycles. The van der Waals surface area contributed by atoms with Crippen LogP contribution in [0.15, 0.2) is 155 Å². The predicted molar refractivity (Wildman–Crippen MR) is 215 cm³/mol. The lowest BCUT2D eigenvalue weighted by molar-refractivity contribution is -0.413. The second-order valence-corrected chi connectivity index (χ2v) is 15.8. The Hall–Kier alpha value is -5.67. The summed E-state index contributed by atoms with van der Waals surface area (Å²) in [5.41, 5.74) is 13.0. The Morgan fingerprint density at radius 1 is 0.788 bits per heavy atom. The van der Waals surface area contributed by atoms with Crippen LogP contribution in [0.25, 0.3) is 60.1 Å². The summed E-state index contributed by atoms with van der Waals surface area (Å²) in [7, 11) is 0. The molecule has 3 heteroatoms. The van der Waals surface area contributed by atoms with E-state index >= 15 is 0 Å². The summed E-state index contributed by atoms with van der Waals surface area (Å²) in [5, 5.41) is 7.45. The SMILES string of the molecule is CC1C=C(c2ccc([N+]3=C4C=CCCC4=C3C34C=CC(CC3)C4)cc2)C=CC1n1c2ccccc2c2c3ccccc3c3c4ccccc4oc3c21. The first-order valence-electron chi connectivity index (χ1n) is 19.2. The van der Waals surface area contributed by atoms with Crippen LogP contribution in [0.3, 0.4) is 0 Å². The van der Waals surface area contributed by atoms with Gasteiger partial charge in [-0.05, 0) is 90.1 Å². The van der Waals surface area contributed by atoms with Crippen LogP contribution >= 0.6 is 0 Å². The first kappa shape index (κ1) is 29.0. The third-order valence-corrected chi connectivity index (χ3v) is 13.0. The number of allylic oxidation sites excluding steroid dienone is 9. The Morgan fingerprint density at radius 2 is 1.56 bits per heavy atom. The Kier molecular flexibility index (Phi) is 5.82. The van der Waals surface area contributed by atoms with E-state index in [9.17, 15) is 0 Å². The maximum atomic E-state index is 6.82. The van der Waals surface area contributed by atoms with Gasteiger partial charge in [0.25, 0.3) is 0 Å². The zero-order chi connectivity index (χ0) is 34.1. The van der Waals surface area contributed by atoms with Gasteiger partial charge in [0.15, 0.2) is 5.58 Å². The van der Waals surface area contributed by atoms with Gasteiger partial charge in [0.1, 0.15) is 5.58 Å². The molecule has 7 aromatic rings. The van der Waals surface area contributed by atoms with Gasteiger partial charge in [-0.15, -0.1) is 0 Å². The molecule has 4 atom stereocenters. The second-order valence-electron chi connectivity index (χ2n) is 15.8. The maximum absolute atomic E-state index is 6.82. The molecule has 5 aliphatic rings. The van der Waals surface area contributed by atoms with Crippen molar-refractivity contribution in [2.24, 2.45) is 17.3 Å². The molecule has 1 saturated carbocycles. The van der Waals surface area contributed by atoms with Crippen LogP contribution in [0.1, 0.15) is 50.6 Å². The van der Waals surface area contributed by atoms with E-state index in [2.05, 4.69) is 156 Å². The molecule has 0 radical (unpaired) electrons. The number of benzene rings is 5. The van der Waals surface area contributed by atoms with Crippen LogP contribution in [0.5, 0.6) is 0 Å². The van der Waals surface area contributed by atoms with E-state index in [1.54, 1.807) is 11.3 Å². The smallest absolute Gasteiger partial charge is 0.220 e. The van der Waals surface area contributed by atoms with Crippen molar-refractivity contribution in [1.29, 1.82) is 0 Å². The van der Waals surface area contributed by atoms with E-state index in [0.717, 1.165) is 23.5 Å². The number of furan rings is 1. The highest BCUT2D eigenvalue weighted by Crippen LogP contribution is 2.58. The van der Waals surface area contributed by atoms with Gasteiger partial charge in [0, 0.05) is 45.3 Å². The predicted octanol–water partition coefficient (Wildman–Crippen LogP) is 12.7. The number of para-hydroxylation sites is 2. The van der Waals surface area contributed by atoms with Gasteiger partial charge in [-0.3, -0.25) is 0 Å². The van der Waals surface area contributed by atoms with E-state index < -0.39 is 0 Å². The number of fused-ring (bicyclic) bond motifs is 13. The van der Waals surface area contributed by atoms with E-state index in [-0.39, 0.29) is 17.4 Å². The lowest BCUT2D eigenvalue weighted by atomic mass is 9.75. The monoisotopic (exact) mass is 671 g/mol. The largest absolute Gasteiger partial charge is 0.454 e. The molecule has 2 aromatic heterocycles. The molecule has 3 nitrogen and oxygen atoms in total. The first-order valence-corrected chi connectivity index (χ1v) is 19.2. The van der Waals surface area contributed by atoms with Crippen LogP contribution in [0.2, 0.25) is 0 Å². The molecule has 3 heterocycles. The van der Waals surface area contributed by atoms with E-state index in [1.807, 2.05) is 0 Å². The average molecular weight is 672 g/mol. The quantitative estimate of drug-likeness (QED) is 0.135. The van der Waals surface area contributed by atoms with E-state index in [1.165, 1.54) is 91.6 Å². The molecule has 52 heavy (non-hydrogen) atoms. The van der Waals surface area contributed by atoms with Crippen LogP contribution in [0.4, 0.5) is 5.69 Å². The van der Waals surface area contributed by atoms with Crippen molar-refractivity contribution in [1.82, 2.24) is 4.57 Å². The first-order chi connectivity index (χ1) is 25.7. The van der Waals surface area contributed by atoms with E-state index in [4.69, 9.17) is 4.42 Å². The zero-order valence-electron chi connectivity index (χ0n) is 29.3. The Labute approximate surface area is 302 Å². The molecule has 5 aromatic carbocycles. The van der Waals surface area contributed by atoms with Crippen LogP contribution in [0, 0.1) is 17.3 Å². The summed E-state index contributed by atoms with van der Waals surface area (Å²) in [4.78, 5) is 0.